The Kier molecular flexibility index (Phi) is 5.38. The number of rotatable bonds is 4. The standard InChI is InChI=1S/C19H22N2O4S/c1-15-10-12-16(13-11-15)17-7-3-2-6-14-20(17)26(24,25)19-9-5-4-8-18(19)21(22)23/h4-5,8-13,17H,2-3,6-7,14H2,1H3/t17-/m0/s1. The lowest BCUT2D eigenvalue weighted by Crippen LogP contribution is -2.35. The van der Waals surface area contributed by atoms with Crippen molar-refractivity contribution in [3.05, 3.63) is 69.8 Å². The second kappa shape index (κ2) is 7.55. The van der Waals surface area contributed by atoms with Gasteiger partial charge in [-0.2, -0.15) is 4.31 Å². The first-order valence-corrected chi connectivity index (χ1v) is 10.2. The number of nitro benzene ring substituents is 1. The number of para-hydroxylation sites is 1. The number of nitrogens with zero attached hydrogens (tertiary/aromatic N) is 2. The minimum atomic E-state index is -3.98. The van der Waals surface area contributed by atoms with Crippen molar-refractivity contribution in [1.29, 1.82) is 0 Å². The fourth-order valence-corrected chi connectivity index (χ4v) is 5.29. The molecule has 0 bridgehead atoms. The molecule has 2 aromatic rings. The number of aryl methyl sites for hydroxylation is 1. The lowest BCUT2D eigenvalue weighted by Gasteiger charge is -2.29. The average Bonchev–Trinajstić information content (AvgIpc) is 2.89. The molecule has 1 fully saturated rings. The third-order valence-electron chi connectivity index (χ3n) is 4.81. The summed E-state index contributed by atoms with van der Waals surface area (Å²) in [7, 11) is -3.98. The Morgan fingerprint density at radius 2 is 1.73 bits per heavy atom. The van der Waals surface area contributed by atoms with Crippen LogP contribution in [-0.2, 0) is 10.0 Å². The Morgan fingerprint density at radius 1 is 1.04 bits per heavy atom. The van der Waals surface area contributed by atoms with Crippen LogP contribution in [0.25, 0.3) is 0 Å². The molecule has 0 aromatic heterocycles. The maximum atomic E-state index is 13.3. The van der Waals surface area contributed by atoms with Gasteiger partial charge in [0, 0.05) is 12.6 Å². The van der Waals surface area contributed by atoms with Crippen LogP contribution in [-0.4, -0.2) is 24.2 Å². The van der Waals surface area contributed by atoms with E-state index in [2.05, 4.69) is 0 Å². The van der Waals surface area contributed by atoms with E-state index in [-0.39, 0.29) is 16.6 Å². The molecule has 0 saturated carbocycles. The van der Waals surface area contributed by atoms with Crippen LogP contribution in [0, 0.1) is 17.0 Å². The van der Waals surface area contributed by atoms with E-state index >= 15 is 0 Å². The molecule has 1 heterocycles. The minimum Gasteiger partial charge on any atom is -0.258 e. The highest BCUT2D eigenvalue weighted by Gasteiger charge is 2.37. The molecule has 0 spiro atoms. The third-order valence-corrected chi connectivity index (χ3v) is 6.77. The van der Waals surface area contributed by atoms with Crippen LogP contribution in [0.3, 0.4) is 0 Å². The zero-order valence-electron chi connectivity index (χ0n) is 14.7. The largest absolute Gasteiger partial charge is 0.289 e. The first kappa shape index (κ1) is 18.5. The van der Waals surface area contributed by atoms with Crippen LogP contribution in [0.15, 0.2) is 53.4 Å². The van der Waals surface area contributed by atoms with Crippen LogP contribution in [0.1, 0.15) is 42.9 Å². The maximum Gasteiger partial charge on any atom is 0.289 e. The molecule has 1 atom stereocenters. The smallest absolute Gasteiger partial charge is 0.258 e. The summed E-state index contributed by atoms with van der Waals surface area (Å²) in [6, 6.07) is 13.1. The second-order valence-corrected chi connectivity index (χ2v) is 8.48. The Morgan fingerprint density at radius 3 is 2.42 bits per heavy atom. The number of hydrogen-bond acceptors (Lipinski definition) is 4. The van der Waals surface area contributed by atoms with E-state index in [4.69, 9.17) is 0 Å². The molecule has 138 valence electrons. The third kappa shape index (κ3) is 3.64. The van der Waals surface area contributed by atoms with Gasteiger partial charge < -0.3 is 0 Å². The Bertz CT molecular complexity index is 894. The van der Waals surface area contributed by atoms with Crippen LogP contribution in [0.4, 0.5) is 5.69 Å². The predicted octanol–water partition coefficient (Wildman–Crippen LogP) is 4.21. The van der Waals surface area contributed by atoms with E-state index in [9.17, 15) is 18.5 Å². The molecule has 2 aromatic carbocycles. The zero-order valence-corrected chi connectivity index (χ0v) is 15.5. The highest BCUT2D eigenvalue weighted by atomic mass is 32.2. The van der Waals surface area contributed by atoms with Gasteiger partial charge in [-0.05, 0) is 31.4 Å². The quantitative estimate of drug-likeness (QED) is 0.593. The molecule has 0 aliphatic carbocycles. The van der Waals surface area contributed by atoms with Gasteiger partial charge in [0.15, 0.2) is 4.90 Å². The highest BCUT2D eigenvalue weighted by molar-refractivity contribution is 7.89. The molecule has 0 radical (unpaired) electrons. The van der Waals surface area contributed by atoms with Crippen molar-refractivity contribution >= 4 is 15.7 Å². The van der Waals surface area contributed by atoms with Crippen LogP contribution >= 0.6 is 0 Å². The molecule has 1 aliphatic rings. The summed E-state index contributed by atoms with van der Waals surface area (Å²) < 4.78 is 28.1. The SMILES string of the molecule is Cc1ccc([C@@H]2CCCCCN2S(=O)(=O)c2ccccc2[N+](=O)[O-])cc1. The van der Waals surface area contributed by atoms with Crippen molar-refractivity contribution in [2.24, 2.45) is 0 Å². The van der Waals surface area contributed by atoms with Gasteiger partial charge in [-0.3, -0.25) is 10.1 Å². The molecule has 6 nitrogen and oxygen atoms in total. The summed E-state index contributed by atoms with van der Waals surface area (Å²) in [5.41, 5.74) is 1.66. The molecule has 7 heteroatoms. The molecular weight excluding hydrogens is 352 g/mol. The fourth-order valence-electron chi connectivity index (χ4n) is 3.44. The van der Waals surface area contributed by atoms with Crippen LogP contribution < -0.4 is 0 Å². The first-order valence-electron chi connectivity index (χ1n) is 8.73. The van der Waals surface area contributed by atoms with Crippen molar-refractivity contribution in [3.63, 3.8) is 0 Å². The highest BCUT2D eigenvalue weighted by Crippen LogP contribution is 2.37. The van der Waals surface area contributed by atoms with E-state index in [1.165, 1.54) is 28.6 Å². The van der Waals surface area contributed by atoms with E-state index < -0.39 is 14.9 Å². The maximum absolute atomic E-state index is 13.3. The van der Waals surface area contributed by atoms with Gasteiger partial charge in [-0.1, -0.05) is 54.8 Å². The lowest BCUT2D eigenvalue weighted by molar-refractivity contribution is -0.387. The summed E-state index contributed by atoms with van der Waals surface area (Å²) in [5.74, 6) is 0. The molecule has 3 rings (SSSR count). The summed E-state index contributed by atoms with van der Waals surface area (Å²) in [6.07, 6.45) is 3.35. The summed E-state index contributed by atoms with van der Waals surface area (Å²) in [5, 5.41) is 11.3. The summed E-state index contributed by atoms with van der Waals surface area (Å²) in [6.45, 7) is 2.35. The first-order chi connectivity index (χ1) is 12.4. The van der Waals surface area contributed by atoms with Crippen molar-refractivity contribution in [3.8, 4) is 0 Å². The van der Waals surface area contributed by atoms with Gasteiger partial charge in [0.1, 0.15) is 0 Å². The predicted molar refractivity (Wildman–Crippen MR) is 99.4 cm³/mol. The van der Waals surface area contributed by atoms with Crippen LogP contribution in [0.2, 0.25) is 0 Å². The zero-order chi connectivity index (χ0) is 18.7. The molecule has 1 aliphatic heterocycles. The Hall–Kier alpha value is -2.25. The van der Waals surface area contributed by atoms with Gasteiger partial charge in [-0.25, -0.2) is 8.42 Å². The average molecular weight is 374 g/mol. The molecule has 0 amide bonds. The number of benzene rings is 2. The van der Waals surface area contributed by atoms with Gasteiger partial charge in [-0.15, -0.1) is 0 Å². The number of nitro groups is 1. The van der Waals surface area contributed by atoms with Gasteiger partial charge in [0.25, 0.3) is 5.69 Å². The van der Waals surface area contributed by atoms with Crippen molar-refractivity contribution in [2.75, 3.05) is 6.54 Å². The van der Waals surface area contributed by atoms with E-state index in [0.29, 0.717) is 13.0 Å². The number of hydrogen-bond donors (Lipinski definition) is 0. The summed E-state index contributed by atoms with van der Waals surface area (Å²) >= 11 is 0. The fraction of sp³-hybridized carbons (Fsp3) is 0.368. The van der Waals surface area contributed by atoms with E-state index in [1.807, 2.05) is 31.2 Å². The number of sulfonamides is 1. The molecule has 26 heavy (non-hydrogen) atoms. The topological polar surface area (TPSA) is 80.5 Å². The van der Waals surface area contributed by atoms with Crippen molar-refractivity contribution < 1.29 is 13.3 Å². The normalized spacial score (nSPS) is 19.0. The molecule has 1 saturated heterocycles. The summed E-state index contributed by atoms with van der Waals surface area (Å²) in [4.78, 5) is 10.5. The van der Waals surface area contributed by atoms with Crippen molar-refractivity contribution in [1.82, 2.24) is 4.31 Å². The lowest BCUT2D eigenvalue weighted by atomic mass is 10.0. The van der Waals surface area contributed by atoms with Crippen molar-refractivity contribution in [2.45, 2.75) is 43.5 Å². The van der Waals surface area contributed by atoms with Gasteiger partial charge >= 0.3 is 0 Å². The Balaban J connectivity index is 2.08. The minimum absolute atomic E-state index is 0.232. The monoisotopic (exact) mass is 374 g/mol. The molecule has 0 N–H and O–H groups in total. The van der Waals surface area contributed by atoms with Gasteiger partial charge in [0.05, 0.1) is 11.0 Å². The van der Waals surface area contributed by atoms with Gasteiger partial charge in [0.2, 0.25) is 10.0 Å². The second-order valence-electron chi connectivity index (χ2n) is 6.62. The van der Waals surface area contributed by atoms with E-state index in [0.717, 1.165) is 30.4 Å². The van der Waals surface area contributed by atoms with Crippen LogP contribution in [0.5, 0.6) is 0 Å². The molecule has 0 unspecified atom stereocenters. The Labute approximate surface area is 153 Å². The van der Waals surface area contributed by atoms with E-state index in [1.54, 1.807) is 0 Å². The molecular formula is C19H22N2O4S.